The molecule has 0 radical (unpaired) electrons. The average molecular weight is 308 g/mol. The van der Waals surface area contributed by atoms with Crippen LogP contribution in [0, 0.1) is 5.92 Å². The molecule has 5 heteroatoms. The molecule has 0 atom stereocenters. The van der Waals surface area contributed by atoms with Crippen molar-refractivity contribution in [3.05, 3.63) is 35.9 Å². The minimum atomic E-state index is -3.32. The van der Waals surface area contributed by atoms with Gasteiger partial charge in [-0.05, 0) is 37.2 Å². The van der Waals surface area contributed by atoms with Gasteiger partial charge in [-0.2, -0.15) is 12.7 Å². The van der Waals surface area contributed by atoms with Crippen LogP contribution in [0.25, 0.3) is 0 Å². The lowest BCUT2D eigenvalue weighted by atomic mass is 9.96. The van der Waals surface area contributed by atoms with Crippen molar-refractivity contribution in [1.82, 2.24) is 9.03 Å². The number of benzene rings is 1. The summed E-state index contributed by atoms with van der Waals surface area (Å²) >= 11 is 0. The largest absolute Gasteiger partial charge is 0.279 e. The van der Waals surface area contributed by atoms with E-state index in [1.165, 1.54) is 5.56 Å². The van der Waals surface area contributed by atoms with Gasteiger partial charge in [-0.3, -0.25) is 0 Å². The summed E-state index contributed by atoms with van der Waals surface area (Å²) in [7, 11) is -3.32. The summed E-state index contributed by atoms with van der Waals surface area (Å²) in [5.41, 5.74) is 1.28. The first-order chi connectivity index (χ1) is 10.0. The van der Waals surface area contributed by atoms with Gasteiger partial charge in [0.2, 0.25) is 0 Å². The molecule has 1 heterocycles. The molecular formula is C16H24N2O2S. The highest BCUT2D eigenvalue weighted by Crippen LogP contribution is 2.47. The summed E-state index contributed by atoms with van der Waals surface area (Å²) in [6.45, 7) is 4.00. The van der Waals surface area contributed by atoms with E-state index in [9.17, 15) is 8.42 Å². The molecule has 0 amide bonds. The molecule has 0 unspecified atom stereocenters. The third-order valence-corrected chi connectivity index (χ3v) is 6.47. The fourth-order valence-corrected chi connectivity index (χ4v) is 4.39. The Labute approximate surface area is 127 Å². The van der Waals surface area contributed by atoms with E-state index in [4.69, 9.17) is 0 Å². The van der Waals surface area contributed by atoms with Crippen molar-refractivity contribution in [2.75, 3.05) is 19.6 Å². The molecule has 1 aromatic rings. The second kappa shape index (κ2) is 5.71. The molecule has 2 aliphatic rings. The van der Waals surface area contributed by atoms with Crippen LogP contribution in [0.5, 0.6) is 0 Å². The van der Waals surface area contributed by atoms with Crippen molar-refractivity contribution in [2.45, 2.75) is 38.0 Å². The van der Waals surface area contributed by atoms with Gasteiger partial charge in [0.25, 0.3) is 10.2 Å². The molecule has 0 aromatic heterocycles. The molecule has 1 saturated heterocycles. The predicted octanol–water partition coefficient (Wildman–Crippen LogP) is 2.28. The SMILES string of the molecule is CC1CCN(S(=O)(=O)NCC2(c3ccccc3)CC2)CC1. The minimum absolute atomic E-state index is 0.0252. The van der Waals surface area contributed by atoms with E-state index in [0.29, 0.717) is 25.6 Å². The minimum Gasteiger partial charge on any atom is -0.201 e. The van der Waals surface area contributed by atoms with Gasteiger partial charge in [0.1, 0.15) is 0 Å². The molecule has 4 nitrogen and oxygen atoms in total. The summed E-state index contributed by atoms with van der Waals surface area (Å²) in [5.74, 6) is 0.635. The Bertz CT molecular complexity index is 574. The van der Waals surface area contributed by atoms with Gasteiger partial charge >= 0.3 is 0 Å². The summed E-state index contributed by atoms with van der Waals surface area (Å²) in [6.07, 6.45) is 4.06. The highest BCUT2D eigenvalue weighted by atomic mass is 32.2. The molecule has 0 bridgehead atoms. The van der Waals surface area contributed by atoms with Crippen molar-refractivity contribution in [3.63, 3.8) is 0 Å². The van der Waals surface area contributed by atoms with Crippen LogP contribution < -0.4 is 4.72 Å². The summed E-state index contributed by atoms with van der Waals surface area (Å²) in [6, 6.07) is 10.2. The molecule has 3 rings (SSSR count). The monoisotopic (exact) mass is 308 g/mol. The first-order valence-corrected chi connectivity index (χ1v) is 9.26. The smallest absolute Gasteiger partial charge is 0.201 e. The van der Waals surface area contributed by atoms with Gasteiger partial charge in [-0.15, -0.1) is 0 Å². The highest BCUT2D eigenvalue weighted by Gasteiger charge is 2.45. The number of nitrogens with one attached hydrogen (secondary N) is 1. The first-order valence-electron chi connectivity index (χ1n) is 7.82. The maximum Gasteiger partial charge on any atom is 0.279 e. The molecule has 2 fully saturated rings. The Morgan fingerprint density at radius 2 is 1.81 bits per heavy atom. The van der Waals surface area contributed by atoms with Crippen molar-refractivity contribution in [3.8, 4) is 0 Å². The second-order valence-electron chi connectivity index (χ2n) is 6.55. The van der Waals surface area contributed by atoms with Gasteiger partial charge < -0.3 is 0 Å². The molecule has 1 N–H and O–H groups in total. The molecule has 1 aliphatic heterocycles. The Morgan fingerprint density at radius 1 is 1.19 bits per heavy atom. The van der Waals surface area contributed by atoms with Gasteiger partial charge in [-0.1, -0.05) is 37.3 Å². The number of nitrogens with zero attached hydrogens (tertiary/aromatic N) is 1. The van der Waals surface area contributed by atoms with Crippen molar-refractivity contribution in [2.24, 2.45) is 5.92 Å². The molecular weight excluding hydrogens is 284 g/mol. The lowest BCUT2D eigenvalue weighted by Gasteiger charge is -2.30. The van der Waals surface area contributed by atoms with E-state index in [2.05, 4.69) is 23.8 Å². The van der Waals surface area contributed by atoms with E-state index in [-0.39, 0.29) is 5.41 Å². The highest BCUT2D eigenvalue weighted by molar-refractivity contribution is 7.87. The van der Waals surface area contributed by atoms with Crippen LogP contribution in [0.4, 0.5) is 0 Å². The Hall–Kier alpha value is -0.910. The van der Waals surface area contributed by atoms with Gasteiger partial charge in [0.05, 0.1) is 0 Å². The third-order valence-electron chi connectivity index (χ3n) is 4.92. The molecule has 116 valence electrons. The van der Waals surface area contributed by atoms with Crippen LogP contribution in [0.1, 0.15) is 38.2 Å². The zero-order valence-electron chi connectivity index (χ0n) is 12.6. The molecule has 1 saturated carbocycles. The number of piperidine rings is 1. The van der Waals surface area contributed by atoms with E-state index in [1.807, 2.05) is 18.2 Å². The average Bonchev–Trinajstić information content (AvgIpc) is 3.28. The Kier molecular flexibility index (Phi) is 4.08. The topological polar surface area (TPSA) is 49.4 Å². The van der Waals surface area contributed by atoms with E-state index in [0.717, 1.165) is 25.7 Å². The fraction of sp³-hybridized carbons (Fsp3) is 0.625. The number of hydrogen-bond donors (Lipinski definition) is 1. The van der Waals surface area contributed by atoms with Crippen LogP contribution >= 0.6 is 0 Å². The molecule has 1 aliphatic carbocycles. The first kappa shape index (κ1) is 15.0. The van der Waals surface area contributed by atoms with Crippen molar-refractivity contribution >= 4 is 10.2 Å². The van der Waals surface area contributed by atoms with Gasteiger partial charge in [0.15, 0.2) is 0 Å². The Morgan fingerprint density at radius 3 is 2.38 bits per heavy atom. The lowest BCUT2D eigenvalue weighted by Crippen LogP contribution is -2.46. The lowest BCUT2D eigenvalue weighted by molar-refractivity contribution is 0.284. The van der Waals surface area contributed by atoms with Crippen LogP contribution in [0.15, 0.2) is 30.3 Å². The zero-order valence-corrected chi connectivity index (χ0v) is 13.4. The second-order valence-corrected chi connectivity index (χ2v) is 8.31. The third kappa shape index (κ3) is 3.30. The zero-order chi connectivity index (χ0) is 14.9. The predicted molar refractivity (Wildman–Crippen MR) is 84.2 cm³/mol. The maximum atomic E-state index is 12.4. The molecule has 21 heavy (non-hydrogen) atoms. The standard InChI is InChI=1S/C16H24N2O2S/c1-14-7-11-18(12-8-14)21(19,20)17-13-16(9-10-16)15-5-3-2-4-6-15/h2-6,14,17H,7-13H2,1H3. The summed E-state index contributed by atoms with van der Waals surface area (Å²) in [4.78, 5) is 0. The number of hydrogen-bond acceptors (Lipinski definition) is 2. The molecule has 0 spiro atoms. The van der Waals surface area contributed by atoms with Crippen LogP contribution in [-0.4, -0.2) is 32.4 Å². The fourth-order valence-electron chi connectivity index (χ4n) is 3.06. The van der Waals surface area contributed by atoms with Gasteiger partial charge in [-0.25, -0.2) is 4.72 Å². The Balaban J connectivity index is 1.62. The molecule has 1 aromatic carbocycles. The number of rotatable bonds is 5. The summed E-state index contributed by atoms with van der Waals surface area (Å²) < 4.78 is 29.3. The maximum absolute atomic E-state index is 12.4. The normalized spacial score (nSPS) is 23.1. The van der Waals surface area contributed by atoms with Crippen LogP contribution in [0.3, 0.4) is 0 Å². The van der Waals surface area contributed by atoms with Crippen molar-refractivity contribution in [1.29, 1.82) is 0 Å². The van der Waals surface area contributed by atoms with Crippen LogP contribution in [0.2, 0.25) is 0 Å². The van der Waals surface area contributed by atoms with E-state index in [1.54, 1.807) is 4.31 Å². The summed E-state index contributed by atoms with van der Waals surface area (Å²) in [5, 5.41) is 0. The van der Waals surface area contributed by atoms with E-state index >= 15 is 0 Å². The van der Waals surface area contributed by atoms with E-state index < -0.39 is 10.2 Å². The quantitative estimate of drug-likeness (QED) is 0.907. The van der Waals surface area contributed by atoms with Gasteiger partial charge in [0, 0.05) is 25.0 Å². The van der Waals surface area contributed by atoms with Crippen molar-refractivity contribution < 1.29 is 8.42 Å². The van der Waals surface area contributed by atoms with Crippen LogP contribution in [-0.2, 0) is 15.6 Å².